The highest BCUT2D eigenvalue weighted by atomic mass is 16.6. The molecule has 0 aromatic carbocycles. The van der Waals surface area contributed by atoms with Gasteiger partial charge in [0.2, 0.25) is 0 Å². The molecule has 1 N–H and O–H groups in total. The molecule has 1 saturated heterocycles. The van der Waals surface area contributed by atoms with Crippen LogP contribution >= 0.6 is 0 Å². The second-order valence-electron chi connectivity index (χ2n) is 5.74. The highest BCUT2D eigenvalue weighted by Gasteiger charge is 2.30. The van der Waals surface area contributed by atoms with Crippen LogP contribution in [0.3, 0.4) is 0 Å². The van der Waals surface area contributed by atoms with Crippen LogP contribution in [0.5, 0.6) is 11.6 Å². The molecule has 4 rings (SSSR count). The minimum atomic E-state index is -0.0760. The molecule has 7 heteroatoms. The van der Waals surface area contributed by atoms with E-state index in [1.54, 1.807) is 18.3 Å². The van der Waals surface area contributed by atoms with E-state index in [4.69, 9.17) is 9.47 Å². The average molecular weight is 314 g/mol. The van der Waals surface area contributed by atoms with Crippen molar-refractivity contribution in [2.45, 2.75) is 25.3 Å². The van der Waals surface area contributed by atoms with Gasteiger partial charge in [0.1, 0.15) is 18.9 Å². The van der Waals surface area contributed by atoms with E-state index in [2.05, 4.69) is 15.2 Å². The molecule has 0 bridgehead atoms. The van der Waals surface area contributed by atoms with Gasteiger partial charge in [0.05, 0.1) is 12.2 Å². The molecule has 0 aliphatic carbocycles. The maximum Gasteiger partial charge on any atom is 0.273 e. The number of hydrogen-bond donors (Lipinski definition) is 1. The molecule has 1 atom stereocenters. The van der Waals surface area contributed by atoms with E-state index in [1.165, 1.54) is 0 Å². The molecule has 0 radical (unpaired) electrons. The molecule has 2 aromatic rings. The van der Waals surface area contributed by atoms with Gasteiger partial charge in [-0.2, -0.15) is 5.10 Å². The fraction of sp³-hybridized carbons (Fsp3) is 0.438. The summed E-state index contributed by atoms with van der Waals surface area (Å²) in [6.07, 6.45) is 6.69. The van der Waals surface area contributed by atoms with Gasteiger partial charge in [-0.3, -0.25) is 9.89 Å². The molecule has 23 heavy (non-hydrogen) atoms. The maximum atomic E-state index is 12.9. The first-order chi connectivity index (χ1) is 11.3. The second kappa shape index (κ2) is 5.91. The normalized spacial score (nSPS) is 20.3. The number of rotatable bonds is 2. The SMILES string of the molecule is O=C(c1ccc2c(n1)OCCO2)N1CCCC[C@H]1c1cn[nH]c1. The Hall–Kier alpha value is -2.57. The molecule has 120 valence electrons. The standard InChI is InChI=1S/C16H18N4O3/c21-16(12-4-5-14-15(19-12)23-8-7-22-14)20-6-2-1-3-13(20)11-9-17-18-10-11/h4-5,9-10,13H,1-3,6-8H2,(H,17,18)/t13-/m0/s1. The van der Waals surface area contributed by atoms with Crippen LogP contribution in [0.2, 0.25) is 0 Å². The van der Waals surface area contributed by atoms with Gasteiger partial charge in [0.15, 0.2) is 5.75 Å². The number of nitrogens with zero attached hydrogens (tertiary/aromatic N) is 3. The van der Waals surface area contributed by atoms with Crippen molar-refractivity contribution in [3.63, 3.8) is 0 Å². The van der Waals surface area contributed by atoms with Gasteiger partial charge >= 0.3 is 0 Å². The Labute approximate surface area is 133 Å². The summed E-state index contributed by atoms with van der Waals surface area (Å²) in [6.45, 7) is 1.69. The fourth-order valence-corrected chi connectivity index (χ4v) is 3.16. The van der Waals surface area contributed by atoms with Crippen LogP contribution in [0.1, 0.15) is 41.4 Å². The molecule has 0 spiro atoms. The molecule has 1 fully saturated rings. The number of carbonyl (C=O) groups is 1. The molecule has 7 nitrogen and oxygen atoms in total. The van der Waals surface area contributed by atoms with E-state index in [0.717, 1.165) is 31.4 Å². The smallest absolute Gasteiger partial charge is 0.273 e. The van der Waals surface area contributed by atoms with Crippen LogP contribution in [-0.4, -0.2) is 45.7 Å². The first kappa shape index (κ1) is 14.0. The number of pyridine rings is 1. The van der Waals surface area contributed by atoms with Gasteiger partial charge in [0, 0.05) is 18.3 Å². The lowest BCUT2D eigenvalue weighted by molar-refractivity contribution is 0.0603. The highest BCUT2D eigenvalue weighted by Crippen LogP contribution is 2.33. The molecular weight excluding hydrogens is 296 g/mol. The van der Waals surface area contributed by atoms with Crippen LogP contribution in [0, 0.1) is 0 Å². The van der Waals surface area contributed by atoms with Crippen molar-refractivity contribution in [3.05, 3.63) is 35.8 Å². The zero-order valence-electron chi connectivity index (χ0n) is 12.7. The van der Waals surface area contributed by atoms with Crippen molar-refractivity contribution in [2.75, 3.05) is 19.8 Å². The maximum absolute atomic E-state index is 12.9. The third-order valence-electron chi connectivity index (χ3n) is 4.29. The van der Waals surface area contributed by atoms with Crippen LogP contribution in [0.15, 0.2) is 24.5 Å². The van der Waals surface area contributed by atoms with E-state index < -0.39 is 0 Å². The van der Waals surface area contributed by atoms with Gasteiger partial charge in [-0.25, -0.2) is 4.98 Å². The number of aromatic nitrogens is 3. The van der Waals surface area contributed by atoms with Gasteiger partial charge in [0.25, 0.3) is 11.8 Å². The Morgan fingerprint density at radius 3 is 3.04 bits per heavy atom. The molecule has 2 aliphatic heterocycles. The van der Waals surface area contributed by atoms with Gasteiger partial charge < -0.3 is 14.4 Å². The van der Waals surface area contributed by atoms with Crippen LogP contribution in [0.4, 0.5) is 0 Å². The van der Waals surface area contributed by atoms with Crippen molar-refractivity contribution in [1.29, 1.82) is 0 Å². The third-order valence-corrected chi connectivity index (χ3v) is 4.29. The summed E-state index contributed by atoms with van der Waals surface area (Å²) >= 11 is 0. The summed E-state index contributed by atoms with van der Waals surface area (Å²) in [5.41, 5.74) is 1.43. The number of fused-ring (bicyclic) bond motifs is 1. The first-order valence-electron chi connectivity index (χ1n) is 7.89. The first-order valence-corrected chi connectivity index (χ1v) is 7.89. The summed E-state index contributed by atoms with van der Waals surface area (Å²) in [7, 11) is 0. The van der Waals surface area contributed by atoms with Crippen LogP contribution < -0.4 is 9.47 Å². The zero-order chi connectivity index (χ0) is 15.6. The van der Waals surface area contributed by atoms with Gasteiger partial charge in [-0.1, -0.05) is 0 Å². The molecule has 1 amide bonds. The van der Waals surface area contributed by atoms with Gasteiger partial charge in [-0.15, -0.1) is 0 Å². The highest BCUT2D eigenvalue weighted by molar-refractivity contribution is 5.93. The van der Waals surface area contributed by atoms with E-state index >= 15 is 0 Å². The summed E-state index contributed by atoms with van der Waals surface area (Å²) in [6, 6.07) is 3.51. The number of amides is 1. The van der Waals surface area contributed by atoms with E-state index in [9.17, 15) is 4.79 Å². The summed E-state index contributed by atoms with van der Waals surface area (Å²) in [4.78, 5) is 19.2. The largest absolute Gasteiger partial charge is 0.484 e. The number of hydrogen-bond acceptors (Lipinski definition) is 5. The van der Waals surface area contributed by atoms with Crippen molar-refractivity contribution in [1.82, 2.24) is 20.1 Å². The minimum Gasteiger partial charge on any atom is -0.484 e. The van der Waals surface area contributed by atoms with E-state index in [1.807, 2.05) is 11.1 Å². The summed E-state index contributed by atoms with van der Waals surface area (Å²) < 4.78 is 10.9. The molecule has 2 aliphatic rings. The number of carbonyl (C=O) groups excluding carboxylic acids is 1. The predicted octanol–water partition coefficient (Wildman–Crippen LogP) is 1.94. The molecule has 0 unspecified atom stereocenters. The Morgan fingerprint density at radius 1 is 1.26 bits per heavy atom. The number of piperidine rings is 1. The summed E-state index contributed by atoms with van der Waals surface area (Å²) in [5.74, 6) is 0.921. The Bertz CT molecular complexity index is 701. The Balaban J connectivity index is 1.62. The topological polar surface area (TPSA) is 80.3 Å². The number of likely N-dealkylation sites (tertiary alicyclic amines) is 1. The van der Waals surface area contributed by atoms with Crippen molar-refractivity contribution in [3.8, 4) is 11.6 Å². The summed E-state index contributed by atoms with van der Waals surface area (Å²) in [5, 5.41) is 6.83. The molecular formula is C16H18N4O3. The number of H-pyrrole nitrogens is 1. The lowest BCUT2D eigenvalue weighted by Crippen LogP contribution is -2.38. The predicted molar refractivity (Wildman–Crippen MR) is 81.4 cm³/mol. The lowest BCUT2D eigenvalue weighted by Gasteiger charge is -2.35. The zero-order valence-corrected chi connectivity index (χ0v) is 12.7. The van der Waals surface area contributed by atoms with Crippen molar-refractivity contribution in [2.24, 2.45) is 0 Å². The molecule has 2 aromatic heterocycles. The molecule has 4 heterocycles. The lowest BCUT2D eigenvalue weighted by atomic mass is 9.97. The fourth-order valence-electron chi connectivity index (χ4n) is 3.16. The van der Waals surface area contributed by atoms with Crippen LogP contribution in [0.25, 0.3) is 0 Å². The van der Waals surface area contributed by atoms with Gasteiger partial charge in [-0.05, 0) is 31.4 Å². The number of nitrogens with one attached hydrogen (secondary N) is 1. The average Bonchev–Trinajstić information content (AvgIpc) is 3.15. The minimum absolute atomic E-state index is 0.0463. The van der Waals surface area contributed by atoms with Crippen molar-refractivity contribution >= 4 is 5.91 Å². The van der Waals surface area contributed by atoms with Crippen LogP contribution in [-0.2, 0) is 0 Å². The molecule has 0 saturated carbocycles. The second-order valence-corrected chi connectivity index (χ2v) is 5.74. The Morgan fingerprint density at radius 2 is 2.17 bits per heavy atom. The third kappa shape index (κ3) is 2.62. The number of aromatic amines is 1. The quantitative estimate of drug-likeness (QED) is 0.916. The monoisotopic (exact) mass is 314 g/mol. The number of ether oxygens (including phenoxy) is 2. The van der Waals surface area contributed by atoms with E-state index in [-0.39, 0.29) is 11.9 Å². The Kier molecular flexibility index (Phi) is 3.61. The van der Waals surface area contributed by atoms with Crippen molar-refractivity contribution < 1.29 is 14.3 Å². The van der Waals surface area contributed by atoms with E-state index in [0.29, 0.717) is 30.5 Å².